The number of hydrogen-bond donors (Lipinski definition) is 0. The molecular weight excluding hydrogens is 363 g/mol. The molecule has 4 rings (SSSR count). The summed E-state index contributed by atoms with van der Waals surface area (Å²) >= 11 is 13.9. The van der Waals surface area contributed by atoms with Crippen LogP contribution in [0.25, 0.3) is 16.9 Å². The average Bonchev–Trinajstić information content (AvgIpc) is 2.74. The average molecular weight is 375 g/mol. The molecule has 2 heterocycles. The number of rotatable bonds is 1. The standard InChI is InChI=1S/C18H12Cl2N2OS/c19-12-1-4-14(5-2-12)22-17(23)9-11-7-8-24-16-6-3-13(20)10-15(16)18(11)21-22/h1-6,9-10H,7-8H2. The van der Waals surface area contributed by atoms with Crippen molar-refractivity contribution in [2.75, 3.05) is 5.75 Å². The van der Waals surface area contributed by atoms with Gasteiger partial charge in [-0.2, -0.15) is 9.78 Å². The second-order valence-corrected chi connectivity index (χ2v) is 7.49. The minimum atomic E-state index is -0.147. The van der Waals surface area contributed by atoms with Crippen molar-refractivity contribution in [1.29, 1.82) is 0 Å². The van der Waals surface area contributed by atoms with Crippen LogP contribution in [0, 0.1) is 0 Å². The predicted octanol–water partition coefficient (Wildman–Crippen LogP) is 4.85. The molecule has 0 spiro atoms. The Kier molecular flexibility index (Phi) is 4.12. The van der Waals surface area contributed by atoms with Crippen LogP contribution in [0.5, 0.6) is 0 Å². The van der Waals surface area contributed by atoms with Crippen molar-refractivity contribution < 1.29 is 0 Å². The van der Waals surface area contributed by atoms with Gasteiger partial charge >= 0.3 is 0 Å². The van der Waals surface area contributed by atoms with E-state index in [1.54, 1.807) is 42.1 Å². The fraction of sp³-hybridized carbons (Fsp3) is 0.111. The third kappa shape index (κ3) is 2.86. The molecule has 2 aromatic carbocycles. The molecule has 0 N–H and O–H groups in total. The number of benzene rings is 2. The normalized spacial score (nSPS) is 13.1. The topological polar surface area (TPSA) is 34.9 Å². The van der Waals surface area contributed by atoms with E-state index < -0.39 is 0 Å². The Labute approximate surface area is 153 Å². The van der Waals surface area contributed by atoms with E-state index in [0.717, 1.165) is 33.9 Å². The molecule has 0 radical (unpaired) electrons. The fourth-order valence-electron chi connectivity index (χ4n) is 2.76. The molecule has 0 amide bonds. The van der Waals surface area contributed by atoms with Gasteiger partial charge in [0.2, 0.25) is 0 Å². The quantitative estimate of drug-likeness (QED) is 0.610. The fourth-order valence-corrected chi connectivity index (χ4v) is 4.08. The van der Waals surface area contributed by atoms with Gasteiger partial charge in [-0.1, -0.05) is 23.2 Å². The first-order valence-corrected chi connectivity index (χ1v) is 9.18. The van der Waals surface area contributed by atoms with E-state index in [1.165, 1.54) is 4.68 Å². The van der Waals surface area contributed by atoms with E-state index in [2.05, 4.69) is 5.10 Å². The Hall–Kier alpha value is -1.75. The summed E-state index contributed by atoms with van der Waals surface area (Å²) in [5, 5.41) is 5.93. The Morgan fingerprint density at radius 3 is 2.54 bits per heavy atom. The number of nitrogens with zero attached hydrogens (tertiary/aromatic N) is 2. The van der Waals surface area contributed by atoms with Crippen LogP contribution in [0.15, 0.2) is 58.2 Å². The van der Waals surface area contributed by atoms with E-state index in [1.807, 2.05) is 18.2 Å². The van der Waals surface area contributed by atoms with Gasteiger partial charge in [0.25, 0.3) is 5.56 Å². The number of halogens is 2. The summed E-state index contributed by atoms with van der Waals surface area (Å²) in [4.78, 5) is 13.6. The summed E-state index contributed by atoms with van der Waals surface area (Å²) in [6.07, 6.45) is 0.802. The van der Waals surface area contributed by atoms with Crippen molar-refractivity contribution in [3.63, 3.8) is 0 Å². The second kappa shape index (κ2) is 6.28. The summed E-state index contributed by atoms with van der Waals surface area (Å²) in [6.45, 7) is 0. The third-order valence-corrected chi connectivity index (χ3v) is 5.47. The molecule has 3 nitrogen and oxygen atoms in total. The SMILES string of the molecule is O=c1cc2c(nn1-c1ccc(Cl)cc1)-c1cc(Cl)ccc1SCC2. The number of thioether (sulfide) groups is 1. The highest BCUT2D eigenvalue weighted by atomic mass is 35.5. The summed E-state index contributed by atoms with van der Waals surface area (Å²) < 4.78 is 1.41. The van der Waals surface area contributed by atoms with Gasteiger partial charge in [0, 0.05) is 32.3 Å². The summed E-state index contributed by atoms with van der Waals surface area (Å²) in [7, 11) is 0. The highest BCUT2D eigenvalue weighted by Crippen LogP contribution is 2.37. The van der Waals surface area contributed by atoms with Crippen LogP contribution in [-0.2, 0) is 6.42 Å². The number of aryl methyl sites for hydroxylation is 1. The molecule has 6 heteroatoms. The van der Waals surface area contributed by atoms with Crippen molar-refractivity contribution >= 4 is 35.0 Å². The molecule has 0 aliphatic carbocycles. The lowest BCUT2D eigenvalue weighted by Crippen LogP contribution is -2.22. The van der Waals surface area contributed by atoms with E-state index >= 15 is 0 Å². The molecule has 0 bridgehead atoms. The van der Waals surface area contributed by atoms with Gasteiger partial charge < -0.3 is 0 Å². The summed E-state index contributed by atoms with van der Waals surface area (Å²) in [5.74, 6) is 0.910. The predicted molar refractivity (Wildman–Crippen MR) is 99.7 cm³/mol. The van der Waals surface area contributed by atoms with E-state index in [4.69, 9.17) is 23.2 Å². The van der Waals surface area contributed by atoms with Crippen LogP contribution < -0.4 is 5.56 Å². The van der Waals surface area contributed by atoms with Gasteiger partial charge in [-0.25, -0.2) is 0 Å². The van der Waals surface area contributed by atoms with Gasteiger partial charge in [0.05, 0.1) is 11.4 Å². The Bertz CT molecular complexity index is 983. The second-order valence-electron chi connectivity index (χ2n) is 5.48. The lowest BCUT2D eigenvalue weighted by molar-refractivity contribution is 0.801. The lowest BCUT2D eigenvalue weighted by Gasteiger charge is -2.11. The zero-order valence-electron chi connectivity index (χ0n) is 12.5. The molecule has 0 saturated heterocycles. The molecule has 1 aliphatic rings. The van der Waals surface area contributed by atoms with E-state index in [0.29, 0.717) is 15.7 Å². The Morgan fingerprint density at radius 2 is 1.75 bits per heavy atom. The first-order valence-electron chi connectivity index (χ1n) is 7.44. The maximum absolute atomic E-state index is 12.5. The largest absolute Gasteiger partial charge is 0.271 e. The van der Waals surface area contributed by atoms with Crippen LogP contribution in [0.3, 0.4) is 0 Å². The number of aromatic nitrogens is 2. The van der Waals surface area contributed by atoms with Crippen molar-refractivity contribution in [2.24, 2.45) is 0 Å². The molecule has 1 aromatic heterocycles. The highest BCUT2D eigenvalue weighted by molar-refractivity contribution is 7.99. The molecular formula is C18H12Cl2N2OS. The Morgan fingerprint density at radius 1 is 1.00 bits per heavy atom. The van der Waals surface area contributed by atoms with Crippen LogP contribution in [0.2, 0.25) is 10.0 Å². The zero-order valence-corrected chi connectivity index (χ0v) is 14.8. The minimum absolute atomic E-state index is 0.147. The van der Waals surface area contributed by atoms with Crippen LogP contribution in [-0.4, -0.2) is 15.5 Å². The van der Waals surface area contributed by atoms with Gasteiger partial charge in [-0.3, -0.25) is 4.79 Å². The van der Waals surface area contributed by atoms with Crippen molar-refractivity contribution in [2.45, 2.75) is 11.3 Å². The molecule has 0 unspecified atom stereocenters. The van der Waals surface area contributed by atoms with Gasteiger partial charge in [-0.05, 0) is 54.4 Å². The molecule has 0 fully saturated rings. The third-order valence-electron chi connectivity index (χ3n) is 3.91. The molecule has 120 valence electrons. The molecule has 0 saturated carbocycles. The van der Waals surface area contributed by atoms with Crippen molar-refractivity contribution in [3.8, 4) is 16.9 Å². The van der Waals surface area contributed by atoms with Crippen LogP contribution in [0.4, 0.5) is 0 Å². The number of fused-ring (bicyclic) bond motifs is 3. The smallest absolute Gasteiger partial charge is 0.267 e. The maximum Gasteiger partial charge on any atom is 0.271 e. The molecule has 1 aliphatic heterocycles. The zero-order chi connectivity index (χ0) is 16.7. The summed E-state index contributed by atoms with van der Waals surface area (Å²) in [6, 6.07) is 14.5. The first kappa shape index (κ1) is 15.8. The molecule has 24 heavy (non-hydrogen) atoms. The van der Waals surface area contributed by atoms with Gasteiger partial charge in [0.15, 0.2) is 0 Å². The Balaban J connectivity index is 1.96. The first-order chi connectivity index (χ1) is 11.6. The monoisotopic (exact) mass is 374 g/mol. The molecule has 0 atom stereocenters. The van der Waals surface area contributed by atoms with Crippen molar-refractivity contribution in [3.05, 3.63) is 74.5 Å². The van der Waals surface area contributed by atoms with Gasteiger partial charge in [-0.15, -0.1) is 11.8 Å². The molecule has 3 aromatic rings. The van der Waals surface area contributed by atoms with Crippen LogP contribution >= 0.6 is 35.0 Å². The van der Waals surface area contributed by atoms with Crippen molar-refractivity contribution in [1.82, 2.24) is 9.78 Å². The minimum Gasteiger partial charge on any atom is -0.267 e. The van der Waals surface area contributed by atoms with Crippen LogP contribution in [0.1, 0.15) is 5.56 Å². The maximum atomic E-state index is 12.5. The lowest BCUT2D eigenvalue weighted by atomic mass is 10.0. The number of hydrogen-bond acceptors (Lipinski definition) is 3. The van der Waals surface area contributed by atoms with Gasteiger partial charge in [0.1, 0.15) is 0 Å². The highest BCUT2D eigenvalue weighted by Gasteiger charge is 2.19. The van der Waals surface area contributed by atoms with E-state index in [-0.39, 0.29) is 5.56 Å². The summed E-state index contributed by atoms with van der Waals surface area (Å²) in [5.41, 5.74) is 3.28. The van der Waals surface area contributed by atoms with E-state index in [9.17, 15) is 4.79 Å².